The molecule has 0 saturated carbocycles. The van der Waals surface area contributed by atoms with Crippen LogP contribution in [-0.2, 0) is 4.79 Å². The summed E-state index contributed by atoms with van der Waals surface area (Å²) in [6.07, 6.45) is 0. The second kappa shape index (κ2) is 7.87. The number of para-hydroxylation sites is 1. The van der Waals surface area contributed by atoms with Gasteiger partial charge in [0.25, 0.3) is 5.91 Å². The van der Waals surface area contributed by atoms with E-state index in [2.05, 4.69) is 21.2 Å². The van der Waals surface area contributed by atoms with E-state index in [1.54, 1.807) is 25.3 Å². The van der Waals surface area contributed by atoms with Crippen LogP contribution in [0.3, 0.4) is 0 Å². The largest absolute Gasteiger partial charge is 0.493 e. The fourth-order valence-corrected chi connectivity index (χ4v) is 2.36. The molecule has 23 heavy (non-hydrogen) atoms. The molecule has 0 unspecified atom stereocenters. The van der Waals surface area contributed by atoms with Crippen LogP contribution in [0.15, 0.2) is 40.9 Å². The second-order valence-corrected chi connectivity index (χ2v) is 5.65. The summed E-state index contributed by atoms with van der Waals surface area (Å²) in [5.41, 5.74) is 1.80. The maximum Gasteiger partial charge on any atom is 0.262 e. The van der Waals surface area contributed by atoms with Gasteiger partial charge in [-0.1, -0.05) is 28.1 Å². The number of hydrogen-bond acceptors (Lipinski definition) is 4. The lowest BCUT2D eigenvalue weighted by Gasteiger charge is -2.13. The molecule has 122 valence electrons. The summed E-state index contributed by atoms with van der Waals surface area (Å²) in [5.74, 6) is 1.20. The number of carbonyl (C=O) groups excluding carboxylic acids is 1. The van der Waals surface area contributed by atoms with Crippen molar-refractivity contribution in [3.8, 4) is 17.2 Å². The Morgan fingerprint density at radius 1 is 1.13 bits per heavy atom. The topological polar surface area (TPSA) is 56.8 Å². The zero-order valence-electron chi connectivity index (χ0n) is 13.2. The number of carbonyl (C=O) groups is 1. The van der Waals surface area contributed by atoms with Gasteiger partial charge in [-0.25, -0.2) is 0 Å². The lowest BCUT2D eigenvalue weighted by Crippen LogP contribution is -2.20. The average Bonchev–Trinajstić information content (AvgIpc) is 2.55. The van der Waals surface area contributed by atoms with E-state index >= 15 is 0 Å². The van der Waals surface area contributed by atoms with Crippen LogP contribution < -0.4 is 19.5 Å². The molecule has 2 rings (SSSR count). The van der Waals surface area contributed by atoms with E-state index in [9.17, 15) is 4.79 Å². The van der Waals surface area contributed by atoms with E-state index < -0.39 is 0 Å². The van der Waals surface area contributed by atoms with Gasteiger partial charge >= 0.3 is 0 Å². The van der Waals surface area contributed by atoms with Gasteiger partial charge in [-0.2, -0.15) is 0 Å². The molecule has 2 aromatic rings. The summed E-state index contributed by atoms with van der Waals surface area (Å²) < 4.78 is 16.9. The fraction of sp³-hybridized carbons (Fsp3) is 0.235. The highest BCUT2D eigenvalue weighted by molar-refractivity contribution is 9.10. The number of aryl methyl sites for hydroxylation is 1. The quantitative estimate of drug-likeness (QED) is 0.829. The normalized spacial score (nSPS) is 10.1. The minimum atomic E-state index is -0.259. The molecule has 1 amide bonds. The van der Waals surface area contributed by atoms with Crippen LogP contribution in [0.4, 0.5) is 5.69 Å². The first-order chi connectivity index (χ1) is 11.0. The summed E-state index contributed by atoms with van der Waals surface area (Å²) >= 11 is 3.43. The van der Waals surface area contributed by atoms with Crippen molar-refractivity contribution in [2.24, 2.45) is 0 Å². The van der Waals surface area contributed by atoms with Crippen molar-refractivity contribution in [1.29, 1.82) is 0 Å². The number of rotatable bonds is 6. The Morgan fingerprint density at radius 2 is 1.87 bits per heavy atom. The molecular weight excluding hydrogens is 362 g/mol. The van der Waals surface area contributed by atoms with Gasteiger partial charge < -0.3 is 19.5 Å². The molecule has 0 atom stereocenters. The number of amides is 1. The standard InChI is InChI=1S/C17H18BrNO4/c1-11-7-8-12(9-13(11)18)19-16(20)10-23-15-6-4-5-14(21-2)17(15)22-3/h4-9H,10H2,1-3H3,(H,19,20). The highest BCUT2D eigenvalue weighted by Crippen LogP contribution is 2.36. The Balaban J connectivity index is 2.00. The molecule has 0 aromatic heterocycles. The third-order valence-electron chi connectivity index (χ3n) is 3.18. The number of hydrogen-bond donors (Lipinski definition) is 1. The Morgan fingerprint density at radius 3 is 2.52 bits per heavy atom. The van der Waals surface area contributed by atoms with Gasteiger partial charge in [-0.15, -0.1) is 0 Å². The molecule has 0 saturated heterocycles. The first-order valence-corrected chi connectivity index (χ1v) is 7.74. The molecule has 6 heteroatoms. The van der Waals surface area contributed by atoms with Crippen molar-refractivity contribution >= 4 is 27.5 Å². The van der Waals surface area contributed by atoms with Crippen molar-refractivity contribution in [1.82, 2.24) is 0 Å². The minimum absolute atomic E-state index is 0.130. The van der Waals surface area contributed by atoms with Crippen LogP contribution in [0.5, 0.6) is 17.2 Å². The first-order valence-electron chi connectivity index (χ1n) is 6.95. The van der Waals surface area contributed by atoms with Gasteiger partial charge in [0.05, 0.1) is 14.2 Å². The molecule has 0 aliphatic heterocycles. The van der Waals surface area contributed by atoms with Gasteiger partial charge in [0.1, 0.15) is 0 Å². The number of methoxy groups -OCH3 is 2. The average molecular weight is 380 g/mol. The second-order valence-electron chi connectivity index (χ2n) is 4.79. The van der Waals surface area contributed by atoms with Gasteiger partial charge in [-0.05, 0) is 36.8 Å². The smallest absolute Gasteiger partial charge is 0.262 e. The van der Waals surface area contributed by atoms with E-state index in [1.807, 2.05) is 25.1 Å². The predicted octanol–water partition coefficient (Wildman–Crippen LogP) is 3.79. The van der Waals surface area contributed by atoms with Crippen molar-refractivity contribution in [2.45, 2.75) is 6.92 Å². The monoisotopic (exact) mass is 379 g/mol. The van der Waals surface area contributed by atoms with Crippen LogP contribution in [0.2, 0.25) is 0 Å². The maximum absolute atomic E-state index is 12.0. The number of nitrogens with one attached hydrogen (secondary N) is 1. The third kappa shape index (κ3) is 4.39. The SMILES string of the molecule is COc1cccc(OCC(=O)Nc2ccc(C)c(Br)c2)c1OC. The number of halogens is 1. The van der Waals surface area contributed by atoms with Crippen LogP contribution >= 0.6 is 15.9 Å². The summed E-state index contributed by atoms with van der Waals surface area (Å²) in [4.78, 5) is 12.0. The van der Waals surface area contributed by atoms with E-state index in [0.717, 1.165) is 10.0 Å². The van der Waals surface area contributed by atoms with E-state index in [-0.39, 0.29) is 12.5 Å². The summed E-state index contributed by atoms with van der Waals surface area (Å²) in [5, 5.41) is 2.78. The third-order valence-corrected chi connectivity index (χ3v) is 4.04. The molecule has 0 spiro atoms. The van der Waals surface area contributed by atoms with Crippen molar-refractivity contribution in [2.75, 3.05) is 26.1 Å². The minimum Gasteiger partial charge on any atom is -0.493 e. The molecule has 0 fully saturated rings. The maximum atomic E-state index is 12.0. The molecule has 1 N–H and O–H groups in total. The van der Waals surface area contributed by atoms with E-state index in [4.69, 9.17) is 14.2 Å². The van der Waals surface area contributed by atoms with Crippen LogP contribution in [0.25, 0.3) is 0 Å². The van der Waals surface area contributed by atoms with E-state index in [1.165, 1.54) is 7.11 Å². The van der Waals surface area contributed by atoms with Gasteiger partial charge in [0.15, 0.2) is 18.1 Å². The van der Waals surface area contributed by atoms with Gasteiger partial charge in [0.2, 0.25) is 5.75 Å². The fourth-order valence-electron chi connectivity index (χ4n) is 1.98. The molecule has 0 aliphatic carbocycles. The lowest BCUT2D eigenvalue weighted by atomic mass is 10.2. The zero-order chi connectivity index (χ0) is 16.8. The van der Waals surface area contributed by atoms with Crippen LogP contribution in [0, 0.1) is 6.92 Å². The highest BCUT2D eigenvalue weighted by Gasteiger charge is 2.12. The molecule has 0 radical (unpaired) electrons. The predicted molar refractivity (Wildman–Crippen MR) is 92.5 cm³/mol. The lowest BCUT2D eigenvalue weighted by molar-refractivity contribution is -0.118. The Hall–Kier alpha value is -2.21. The molecule has 0 aliphatic rings. The zero-order valence-corrected chi connectivity index (χ0v) is 14.8. The Kier molecular flexibility index (Phi) is 5.87. The summed E-state index contributed by atoms with van der Waals surface area (Å²) in [6, 6.07) is 10.9. The highest BCUT2D eigenvalue weighted by atomic mass is 79.9. The number of benzene rings is 2. The first kappa shape index (κ1) is 17.1. The van der Waals surface area contributed by atoms with Crippen molar-refractivity contribution in [3.05, 3.63) is 46.4 Å². The van der Waals surface area contributed by atoms with Gasteiger partial charge in [0, 0.05) is 10.2 Å². The number of anilines is 1. The van der Waals surface area contributed by atoms with Crippen molar-refractivity contribution in [3.63, 3.8) is 0 Å². The van der Waals surface area contributed by atoms with Crippen LogP contribution in [0.1, 0.15) is 5.56 Å². The van der Waals surface area contributed by atoms with Gasteiger partial charge in [-0.3, -0.25) is 4.79 Å². The van der Waals surface area contributed by atoms with E-state index in [0.29, 0.717) is 22.9 Å². The molecule has 0 bridgehead atoms. The summed E-state index contributed by atoms with van der Waals surface area (Å²) in [6.45, 7) is 1.85. The Labute approximate surface area is 143 Å². The summed E-state index contributed by atoms with van der Waals surface area (Å²) in [7, 11) is 3.07. The molecule has 2 aromatic carbocycles. The molecular formula is C17H18BrNO4. The molecule has 5 nitrogen and oxygen atoms in total. The van der Waals surface area contributed by atoms with Crippen molar-refractivity contribution < 1.29 is 19.0 Å². The van der Waals surface area contributed by atoms with Crippen LogP contribution in [-0.4, -0.2) is 26.7 Å². The number of ether oxygens (including phenoxy) is 3. The Bertz CT molecular complexity index is 703. The molecule has 0 heterocycles.